The Balaban J connectivity index is 2.29. The predicted molar refractivity (Wildman–Crippen MR) is 91.6 cm³/mol. The normalized spacial score (nSPS) is 15.7. The predicted octanol–water partition coefficient (Wildman–Crippen LogP) is 4.74. The zero-order valence-electron chi connectivity index (χ0n) is 13.6. The number of fused-ring (bicyclic) bond motifs is 1. The highest BCUT2D eigenvalue weighted by atomic mass is 32.1. The van der Waals surface area contributed by atoms with E-state index in [1.165, 1.54) is 11.3 Å². The number of aromatic nitrogens is 2. The summed E-state index contributed by atoms with van der Waals surface area (Å²) < 4.78 is 14.3. The van der Waals surface area contributed by atoms with Crippen molar-refractivity contribution in [2.45, 2.75) is 58.5 Å². The number of aromatic amines is 1. The number of hydrogen-bond donors (Lipinski definition) is 1. The van der Waals surface area contributed by atoms with Crippen LogP contribution in [0.2, 0.25) is 0 Å². The van der Waals surface area contributed by atoms with Crippen LogP contribution in [0.15, 0.2) is 23.0 Å². The zero-order valence-corrected chi connectivity index (χ0v) is 14.4. The van der Waals surface area contributed by atoms with Gasteiger partial charge in [0.1, 0.15) is 16.3 Å². The number of allylic oxidation sites excluding steroid dienone is 1. The Morgan fingerprint density at radius 3 is 2.86 bits per heavy atom. The summed E-state index contributed by atoms with van der Waals surface area (Å²) in [4.78, 5) is 21.3. The maximum atomic E-state index is 14.3. The van der Waals surface area contributed by atoms with Gasteiger partial charge < -0.3 is 4.98 Å². The SMILES string of the molecule is C=C(C)[C@](C)(F)CCc1cc2c(=O)[nH]c(C(C)CC)nc2s1. The zero-order chi connectivity index (χ0) is 16.5. The third-order valence-corrected chi connectivity index (χ3v) is 5.37. The molecule has 3 nitrogen and oxygen atoms in total. The molecule has 0 aromatic carbocycles. The van der Waals surface area contributed by atoms with Gasteiger partial charge >= 0.3 is 0 Å². The van der Waals surface area contributed by atoms with Crippen molar-refractivity contribution in [3.8, 4) is 0 Å². The topological polar surface area (TPSA) is 45.8 Å². The van der Waals surface area contributed by atoms with Crippen molar-refractivity contribution < 1.29 is 4.39 Å². The number of nitrogens with one attached hydrogen (secondary N) is 1. The molecule has 1 unspecified atom stereocenters. The van der Waals surface area contributed by atoms with Gasteiger partial charge in [0, 0.05) is 10.8 Å². The quantitative estimate of drug-likeness (QED) is 0.781. The van der Waals surface area contributed by atoms with Crippen LogP contribution in [0.4, 0.5) is 4.39 Å². The van der Waals surface area contributed by atoms with Crippen LogP contribution >= 0.6 is 11.3 Å². The lowest BCUT2D eigenvalue weighted by atomic mass is 9.95. The average Bonchev–Trinajstić information content (AvgIpc) is 2.88. The van der Waals surface area contributed by atoms with E-state index in [1.54, 1.807) is 13.8 Å². The Kier molecular flexibility index (Phi) is 4.85. The van der Waals surface area contributed by atoms with E-state index < -0.39 is 5.67 Å². The van der Waals surface area contributed by atoms with Crippen molar-refractivity contribution in [3.63, 3.8) is 0 Å². The summed E-state index contributed by atoms with van der Waals surface area (Å²) in [6.07, 6.45) is 1.87. The van der Waals surface area contributed by atoms with Crippen LogP contribution in [0.3, 0.4) is 0 Å². The summed E-state index contributed by atoms with van der Waals surface area (Å²) in [6.45, 7) is 11.1. The van der Waals surface area contributed by atoms with Gasteiger partial charge in [0.25, 0.3) is 5.56 Å². The molecule has 0 radical (unpaired) electrons. The standard InChI is InChI=1S/C17H23FN2OS/c1-6-11(4)14-19-15(21)13-9-12(22-16(13)20-14)7-8-17(5,18)10(2)3/h9,11H,2,6-8H2,1,3-5H3,(H,19,20,21)/t11?,17-/m1/s1. The molecule has 120 valence electrons. The molecule has 1 N–H and O–H groups in total. The Labute approximate surface area is 134 Å². The summed E-state index contributed by atoms with van der Waals surface area (Å²) in [5.74, 6) is 0.950. The van der Waals surface area contributed by atoms with Crippen LogP contribution in [-0.2, 0) is 6.42 Å². The lowest BCUT2D eigenvalue weighted by molar-refractivity contribution is 0.225. The van der Waals surface area contributed by atoms with E-state index >= 15 is 0 Å². The largest absolute Gasteiger partial charge is 0.310 e. The minimum absolute atomic E-state index is 0.106. The first-order valence-electron chi connectivity index (χ1n) is 7.62. The van der Waals surface area contributed by atoms with Gasteiger partial charge in [-0.25, -0.2) is 9.37 Å². The van der Waals surface area contributed by atoms with Crippen molar-refractivity contribution in [1.29, 1.82) is 0 Å². The second kappa shape index (κ2) is 6.32. The molecule has 2 heterocycles. The summed E-state index contributed by atoms with van der Waals surface area (Å²) in [5.41, 5.74) is -0.952. The molecule has 0 fully saturated rings. The summed E-state index contributed by atoms with van der Waals surface area (Å²) in [5, 5.41) is 0.600. The first kappa shape index (κ1) is 16.9. The molecule has 2 atom stereocenters. The molecule has 0 aliphatic rings. The lowest BCUT2D eigenvalue weighted by Crippen LogP contribution is -2.19. The van der Waals surface area contributed by atoms with E-state index in [1.807, 2.05) is 13.0 Å². The smallest absolute Gasteiger partial charge is 0.259 e. The maximum Gasteiger partial charge on any atom is 0.259 e. The molecule has 0 spiro atoms. The number of halogens is 1. The van der Waals surface area contributed by atoms with Crippen molar-refractivity contribution in [2.75, 3.05) is 0 Å². The van der Waals surface area contributed by atoms with Gasteiger partial charge in [-0.15, -0.1) is 11.3 Å². The van der Waals surface area contributed by atoms with Crippen LogP contribution in [0.5, 0.6) is 0 Å². The van der Waals surface area contributed by atoms with Gasteiger partial charge in [-0.2, -0.15) is 0 Å². The number of nitrogens with zero attached hydrogens (tertiary/aromatic N) is 1. The van der Waals surface area contributed by atoms with E-state index in [0.717, 1.165) is 22.0 Å². The second-order valence-electron chi connectivity index (χ2n) is 6.17. The first-order valence-corrected chi connectivity index (χ1v) is 8.43. The lowest BCUT2D eigenvalue weighted by Gasteiger charge is -2.19. The van der Waals surface area contributed by atoms with Crippen LogP contribution < -0.4 is 5.56 Å². The van der Waals surface area contributed by atoms with E-state index in [-0.39, 0.29) is 11.5 Å². The Bertz CT molecular complexity index is 745. The minimum atomic E-state index is -1.38. The number of hydrogen-bond acceptors (Lipinski definition) is 3. The molecule has 22 heavy (non-hydrogen) atoms. The van der Waals surface area contributed by atoms with Gasteiger partial charge in [0.05, 0.1) is 5.39 Å². The third kappa shape index (κ3) is 3.46. The molecule has 0 saturated heterocycles. The van der Waals surface area contributed by atoms with Crippen molar-refractivity contribution in [2.24, 2.45) is 0 Å². The highest BCUT2D eigenvalue weighted by Gasteiger charge is 2.24. The number of thiophene rings is 1. The highest BCUT2D eigenvalue weighted by molar-refractivity contribution is 7.18. The molecule has 2 rings (SSSR count). The second-order valence-corrected chi connectivity index (χ2v) is 7.28. The van der Waals surface area contributed by atoms with Crippen LogP contribution in [0.25, 0.3) is 10.2 Å². The Morgan fingerprint density at radius 2 is 2.27 bits per heavy atom. The minimum Gasteiger partial charge on any atom is -0.310 e. The van der Waals surface area contributed by atoms with Crippen LogP contribution in [0.1, 0.15) is 57.2 Å². The maximum absolute atomic E-state index is 14.3. The summed E-state index contributed by atoms with van der Waals surface area (Å²) in [7, 11) is 0. The van der Waals surface area contributed by atoms with Gasteiger partial charge in [-0.1, -0.05) is 20.4 Å². The molecule has 0 saturated carbocycles. The van der Waals surface area contributed by atoms with E-state index in [0.29, 0.717) is 23.8 Å². The molecule has 0 amide bonds. The molecule has 0 aliphatic carbocycles. The molecule has 0 aliphatic heterocycles. The van der Waals surface area contributed by atoms with Crippen molar-refractivity contribution >= 4 is 21.6 Å². The van der Waals surface area contributed by atoms with Crippen LogP contribution in [0, 0.1) is 0 Å². The summed E-state index contributed by atoms with van der Waals surface area (Å²) >= 11 is 1.48. The molecule has 5 heteroatoms. The average molecular weight is 322 g/mol. The van der Waals surface area contributed by atoms with Crippen molar-refractivity contribution in [3.05, 3.63) is 39.3 Å². The van der Waals surface area contributed by atoms with Gasteiger partial charge in [-0.05, 0) is 44.7 Å². The molecular weight excluding hydrogens is 299 g/mol. The number of aryl methyl sites for hydroxylation is 1. The third-order valence-electron chi connectivity index (χ3n) is 4.28. The molecule has 2 aromatic rings. The van der Waals surface area contributed by atoms with Gasteiger partial charge in [0.15, 0.2) is 0 Å². The monoisotopic (exact) mass is 322 g/mol. The van der Waals surface area contributed by atoms with Crippen LogP contribution in [-0.4, -0.2) is 15.6 Å². The van der Waals surface area contributed by atoms with E-state index in [4.69, 9.17) is 0 Å². The van der Waals surface area contributed by atoms with E-state index in [9.17, 15) is 9.18 Å². The number of rotatable bonds is 6. The Hall–Kier alpha value is -1.49. The fourth-order valence-electron chi connectivity index (χ4n) is 2.12. The first-order chi connectivity index (χ1) is 10.2. The molecule has 0 bridgehead atoms. The summed E-state index contributed by atoms with van der Waals surface area (Å²) in [6, 6.07) is 1.83. The highest BCUT2D eigenvalue weighted by Crippen LogP contribution is 2.29. The van der Waals surface area contributed by atoms with E-state index in [2.05, 4.69) is 23.5 Å². The molecular formula is C17H23FN2OS. The fourth-order valence-corrected chi connectivity index (χ4v) is 3.15. The number of H-pyrrole nitrogens is 1. The Morgan fingerprint density at radius 1 is 1.59 bits per heavy atom. The molecule has 2 aromatic heterocycles. The fraction of sp³-hybridized carbons (Fsp3) is 0.529. The van der Waals surface area contributed by atoms with Crippen molar-refractivity contribution in [1.82, 2.24) is 9.97 Å². The van der Waals surface area contributed by atoms with Gasteiger partial charge in [0.2, 0.25) is 0 Å². The van der Waals surface area contributed by atoms with Gasteiger partial charge in [-0.3, -0.25) is 4.79 Å². The number of alkyl halides is 1.